The monoisotopic (exact) mass is 434 g/mol. The Labute approximate surface area is 178 Å². The summed E-state index contributed by atoms with van der Waals surface area (Å²) in [6.07, 6.45) is 9.20. The maximum atomic E-state index is 12.2. The van der Waals surface area contributed by atoms with Crippen LogP contribution >= 0.6 is 34.5 Å². The molecule has 0 aliphatic rings. The van der Waals surface area contributed by atoms with Gasteiger partial charge in [0.1, 0.15) is 5.69 Å². The molecule has 0 saturated carbocycles. The molecule has 1 aromatic carbocycles. The van der Waals surface area contributed by atoms with Gasteiger partial charge in [0, 0.05) is 40.0 Å². The molecule has 0 bridgehead atoms. The van der Waals surface area contributed by atoms with E-state index in [1.165, 1.54) is 17.5 Å². The number of amides is 1. The molecule has 0 atom stereocenters. The normalized spacial score (nSPS) is 12.1. The van der Waals surface area contributed by atoms with Crippen LogP contribution in [-0.4, -0.2) is 16.7 Å². The van der Waals surface area contributed by atoms with E-state index in [-0.39, 0.29) is 11.7 Å². The molecule has 1 heterocycles. The minimum absolute atomic E-state index is 0.0384. The van der Waals surface area contributed by atoms with Crippen molar-refractivity contribution < 1.29 is 9.59 Å². The first-order chi connectivity index (χ1) is 13.5. The van der Waals surface area contributed by atoms with Crippen LogP contribution in [0.2, 0.25) is 10.0 Å². The van der Waals surface area contributed by atoms with Gasteiger partial charge in [-0.1, -0.05) is 48.3 Å². The number of carbonyl (C=O) groups excluding carboxylic acids is 2. The Morgan fingerprint density at radius 3 is 2.61 bits per heavy atom. The highest BCUT2D eigenvalue weighted by Gasteiger charge is 2.13. The lowest BCUT2D eigenvalue weighted by Crippen LogP contribution is -2.17. The third kappa shape index (κ3) is 6.16. The molecule has 0 aliphatic heterocycles. The van der Waals surface area contributed by atoms with E-state index >= 15 is 0 Å². The summed E-state index contributed by atoms with van der Waals surface area (Å²) in [5.74, 6) is -0.289. The fourth-order valence-electron chi connectivity index (χ4n) is 2.32. The maximum absolute atomic E-state index is 12.2. The van der Waals surface area contributed by atoms with Crippen molar-refractivity contribution >= 4 is 46.2 Å². The highest BCUT2D eigenvalue weighted by molar-refractivity contribution is 7.09. The number of nitrogens with zero attached hydrogens (tertiary/aromatic N) is 1. The molecule has 0 radical (unpaired) electrons. The van der Waals surface area contributed by atoms with Crippen molar-refractivity contribution in [2.75, 3.05) is 0 Å². The van der Waals surface area contributed by atoms with E-state index in [2.05, 4.69) is 10.3 Å². The van der Waals surface area contributed by atoms with Crippen molar-refractivity contribution in [1.29, 1.82) is 0 Å². The van der Waals surface area contributed by atoms with Gasteiger partial charge in [0.25, 0.3) is 5.91 Å². The maximum Gasteiger partial charge on any atom is 0.274 e. The highest BCUT2D eigenvalue weighted by Crippen LogP contribution is 2.27. The van der Waals surface area contributed by atoms with E-state index in [1.807, 2.05) is 6.92 Å². The van der Waals surface area contributed by atoms with Gasteiger partial charge in [-0.15, -0.1) is 11.3 Å². The molecule has 0 spiro atoms. The van der Waals surface area contributed by atoms with Gasteiger partial charge < -0.3 is 5.32 Å². The Hall–Kier alpha value is -2.21. The van der Waals surface area contributed by atoms with Gasteiger partial charge in [0.05, 0.1) is 5.01 Å². The number of hydrogen-bond donors (Lipinski definition) is 1. The lowest BCUT2D eigenvalue weighted by molar-refractivity contribution is -0.114. The number of ketones is 1. The molecule has 0 aliphatic carbocycles. The third-order valence-corrected chi connectivity index (χ3v) is 5.31. The van der Waals surface area contributed by atoms with Crippen molar-refractivity contribution in [2.24, 2.45) is 0 Å². The van der Waals surface area contributed by atoms with E-state index in [4.69, 9.17) is 23.2 Å². The summed E-state index contributed by atoms with van der Waals surface area (Å²) < 4.78 is 0. The molecule has 146 valence electrons. The summed E-state index contributed by atoms with van der Waals surface area (Å²) in [6, 6.07) is 5.33. The summed E-state index contributed by atoms with van der Waals surface area (Å²) in [4.78, 5) is 28.4. The Morgan fingerprint density at radius 2 is 1.96 bits per heavy atom. The van der Waals surface area contributed by atoms with E-state index < -0.39 is 0 Å². The van der Waals surface area contributed by atoms with Crippen LogP contribution in [0.5, 0.6) is 0 Å². The number of halogens is 2. The van der Waals surface area contributed by atoms with Crippen molar-refractivity contribution in [2.45, 2.75) is 26.7 Å². The number of carbonyl (C=O) groups is 2. The number of allylic oxidation sites excluding steroid dienone is 5. The molecule has 1 aromatic heterocycles. The van der Waals surface area contributed by atoms with E-state index in [0.717, 1.165) is 10.6 Å². The van der Waals surface area contributed by atoms with Gasteiger partial charge >= 0.3 is 0 Å². The van der Waals surface area contributed by atoms with E-state index in [9.17, 15) is 9.59 Å². The van der Waals surface area contributed by atoms with Crippen LogP contribution in [-0.2, 0) is 11.2 Å². The molecule has 7 heteroatoms. The quantitative estimate of drug-likeness (QED) is 0.423. The van der Waals surface area contributed by atoms with Crippen molar-refractivity contribution in [3.05, 3.63) is 86.0 Å². The molecular weight excluding hydrogens is 415 g/mol. The Kier molecular flexibility index (Phi) is 8.64. The summed E-state index contributed by atoms with van der Waals surface area (Å²) in [7, 11) is 0. The minimum Gasteiger partial charge on any atom is -0.327 e. The predicted octanol–water partition coefficient (Wildman–Crippen LogP) is 5.77. The van der Waals surface area contributed by atoms with Gasteiger partial charge in [-0.05, 0) is 36.8 Å². The zero-order valence-electron chi connectivity index (χ0n) is 15.5. The van der Waals surface area contributed by atoms with Crippen LogP contribution < -0.4 is 5.32 Å². The van der Waals surface area contributed by atoms with Gasteiger partial charge in [-0.3, -0.25) is 9.59 Å². The first kappa shape index (κ1) is 22.1. The molecule has 2 aromatic rings. The average Bonchev–Trinajstić information content (AvgIpc) is 3.15. The van der Waals surface area contributed by atoms with Crippen LogP contribution in [0.25, 0.3) is 0 Å². The summed E-state index contributed by atoms with van der Waals surface area (Å²) in [5.41, 5.74) is 1.69. The van der Waals surface area contributed by atoms with Gasteiger partial charge in [0.2, 0.25) is 0 Å². The number of thiazole rings is 1. The van der Waals surface area contributed by atoms with Crippen LogP contribution in [0.1, 0.15) is 41.3 Å². The van der Waals surface area contributed by atoms with Crippen molar-refractivity contribution in [3.8, 4) is 0 Å². The molecule has 0 fully saturated rings. The molecule has 4 nitrogen and oxygen atoms in total. The second kappa shape index (κ2) is 11.0. The first-order valence-corrected chi connectivity index (χ1v) is 10.3. The van der Waals surface area contributed by atoms with Crippen LogP contribution in [0.4, 0.5) is 0 Å². The Morgan fingerprint density at radius 1 is 1.25 bits per heavy atom. The largest absolute Gasteiger partial charge is 0.327 e. The molecule has 1 amide bonds. The second-order valence-electron chi connectivity index (χ2n) is 5.73. The predicted molar refractivity (Wildman–Crippen MR) is 116 cm³/mol. The lowest BCUT2D eigenvalue weighted by Gasteiger charge is -2.04. The second-order valence-corrected chi connectivity index (χ2v) is 7.49. The number of aromatic nitrogens is 1. The number of nitrogens with one attached hydrogen (secondary N) is 1. The van der Waals surface area contributed by atoms with Gasteiger partial charge in [0.15, 0.2) is 5.78 Å². The summed E-state index contributed by atoms with van der Waals surface area (Å²) in [5, 5.41) is 6.22. The van der Waals surface area contributed by atoms with Gasteiger partial charge in [-0.25, -0.2) is 4.98 Å². The smallest absolute Gasteiger partial charge is 0.274 e. The van der Waals surface area contributed by atoms with Gasteiger partial charge in [-0.2, -0.15) is 0 Å². The van der Waals surface area contributed by atoms with Crippen LogP contribution in [0.15, 0.2) is 59.7 Å². The number of benzene rings is 1. The molecule has 0 unspecified atom stereocenters. The summed E-state index contributed by atoms with van der Waals surface area (Å²) >= 11 is 13.7. The minimum atomic E-state index is -0.327. The molecule has 1 N–H and O–H groups in total. The highest BCUT2D eigenvalue weighted by atomic mass is 35.5. The fourth-order valence-corrected chi connectivity index (χ4v) is 3.64. The van der Waals surface area contributed by atoms with E-state index in [0.29, 0.717) is 34.2 Å². The lowest BCUT2D eigenvalue weighted by atomic mass is 10.1. The topological polar surface area (TPSA) is 59.1 Å². The molecular formula is C21H20Cl2N2O2S. The number of hydrogen-bond acceptors (Lipinski definition) is 4. The number of rotatable bonds is 8. The fraction of sp³-hybridized carbons (Fsp3) is 0.190. The summed E-state index contributed by atoms with van der Waals surface area (Å²) in [6.45, 7) is 3.65. The third-order valence-electron chi connectivity index (χ3n) is 3.75. The molecule has 28 heavy (non-hydrogen) atoms. The van der Waals surface area contributed by atoms with Crippen LogP contribution in [0, 0.1) is 0 Å². The number of Topliss-reactive ketones (excluding diaryl/α,β-unsaturated/α-hetero) is 1. The molecule has 2 rings (SSSR count). The molecule has 0 saturated heterocycles. The Bertz CT molecular complexity index is 925. The van der Waals surface area contributed by atoms with Crippen LogP contribution in [0.3, 0.4) is 0 Å². The first-order valence-electron chi connectivity index (χ1n) is 8.67. The van der Waals surface area contributed by atoms with E-state index in [1.54, 1.807) is 54.8 Å². The average molecular weight is 435 g/mol. The zero-order chi connectivity index (χ0) is 20.5. The standard InChI is InChI=1S/C21H20Cl2N2O2S/c1-3-7-14(19(26)4-2)8-6-11-24-21(27)18-13-28-20(25-18)12-15-16(22)9-5-10-17(15)23/h3,5-11,13H,4,12H2,1-2H3,(H,24,27)/b7-3-,11-6+,14-8+. The zero-order valence-corrected chi connectivity index (χ0v) is 17.9. The Balaban J connectivity index is 2.01. The SMILES string of the molecule is C\C=C/C(=C\C=C\NC(=O)c1csc(Cc2c(Cl)cccc2Cl)n1)C(=O)CC. The van der Waals surface area contributed by atoms with Crippen molar-refractivity contribution in [1.82, 2.24) is 10.3 Å². The van der Waals surface area contributed by atoms with Crippen molar-refractivity contribution in [3.63, 3.8) is 0 Å².